The predicted octanol–water partition coefficient (Wildman–Crippen LogP) is 3.82. The number of ether oxygens (including phenoxy) is 1. The molecule has 1 aliphatic rings. The first kappa shape index (κ1) is 22.7. The van der Waals surface area contributed by atoms with Crippen molar-refractivity contribution in [2.75, 3.05) is 18.4 Å². The fraction of sp³-hybridized carbons (Fsp3) is 0.333. The fourth-order valence-corrected chi connectivity index (χ4v) is 4.39. The number of thiazole rings is 1. The summed E-state index contributed by atoms with van der Waals surface area (Å²) in [5.74, 6) is -0.528. The van der Waals surface area contributed by atoms with Gasteiger partial charge in [-0.25, -0.2) is 4.98 Å². The first-order chi connectivity index (χ1) is 16.0. The monoisotopic (exact) mass is 467 g/mol. The van der Waals surface area contributed by atoms with Crippen LogP contribution in [0.4, 0.5) is 5.69 Å². The van der Waals surface area contributed by atoms with Gasteiger partial charge < -0.3 is 19.4 Å². The number of nitrogens with zero attached hydrogens (tertiary/aromatic N) is 2. The topological polar surface area (TPSA) is 102 Å². The minimum atomic E-state index is -0.285. The molecule has 4 rings (SSSR count). The molecular weight excluding hydrogens is 442 g/mol. The van der Waals surface area contributed by atoms with E-state index in [4.69, 9.17) is 9.15 Å². The standard InChI is InChI=1S/C24H25N3O5S/c1-16-4-6-18(7-5-16)25-21(28)13-22-26-19(15-33-22)14-32-24(30)17-8-10-27(11-9-17)23(29)20-3-2-12-31-20/h2-7,12,15,17H,8-11,13-14H2,1H3,(H,25,28). The van der Waals surface area contributed by atoms with E-state index in [0.717, 1.165) is 11.3 Å². The summed E-state index contributed by atoms with van der Waals surface area (Å²) in [5.41, 5.74) is 2.49. The molecule has 0 atom stereocenters. The van der Waals surface area contributed by atoms with Crippen LogP contribution in [0.5, 0.6) is 0 Å². The Morgan fingerprint density at radius 3 is 2.64 bits per heavy atom. The summed E-state index contributed by atoms with van der Waals surface area (Å²) >= 11 is 1.36. The van der Waals surface area contributed by atoms with E-state index in [-0.39, 0.29) is 36.7 Å². The van der Waals surface area contributed by atoms with Crippen LogP contribution in [0.3, 0.4) is 0 Å². The molecule has 1 aliphatic heterocycles. The van der Waals surface area contributed by atoms with E-state index >= 15 is 0 Å². The van der Waals surface area contributed by atoms with Crippen molar-refractivity contribution < 1.29 is 23.5 Å². The number of aromatic nitrogens is 1. The Bertz CT molecular complexity index is 1100. The van der Waals surface area contributed by atoms with Gasteiger partial charge >= 0.3 is 5.97 Å². The molecule has 2 aromatic heterocycles. The van der Waals surface area contributed by atoms with Crippen molar-refractivity contribution >= 4 is 34.8 Å². The number of rotatable bonds is 7. The van der Waals surface area contributed by atoms with Crippen molar-refractivity contribution in [3.05, 3.63) is 70.1 Å². The van der Waals surface area contributed by atoms with E-state index in [1.165, 1.54) is 17.6 Å². The van der Waals surface area contributed by atoms with Crippen LogP contribution in [0.15, 0.2) is 52.5 Å². The van der Waals surface area contributed by atoms with Gasteiger partial charge in [0, 0.05) is 24.2 Å². The molecule has 0 unspecified atom stereocenters. The summed E-state index contributed by atoms with van der Waals surface area (Å²) in [7, 11) is 0. The molecule has 3 heterocycles. The maximum atomic E-state index is 12.5. The number of aryl methyl sites for hydroxylation is 1. The first-order valence-electron chi connectivity index (χ1n) is 10.8. The van der Waals surface area contributed by atoms with Crippen molar-refractivity contribution in [1.82, 2.24) is 9.88 Å². The SMILES string of the molecule is Cc1ccc(NC(=O)Cc2nc(COC(=O)C3CCN(C(=O)c4ccco4)CC3)cs2)cc1. The molecule has 33 heavy (non-hydrogen) atoms. The molecule has 1 saturated heterocycles. The number of nitrogens with one attached hydrogen (secondary N) is 1. The number of carbonyl (C=O) groups is 3. The molecule has 0 aliphatic carbocycles. The Kier molecular flexibility index (Phi) is 7.19. The smallest absolute Gasteiger partial charge is 0.309 e. The van der Waals surface area contributed by atoms with Gasteiger partial charge in [0.1, 0.15) is 11.6 Å². The maximum absolute atomic E-state index is 12.5. The minimum Gasteiger partial charge on any atom is -0.459 e. The lowest BCUT2D eigenvalue weighted by Gasteiger charge is -2.30. The van der Waals surface area contributed by atoms with Gasteiger partial charge in [-0.2, -0.15) is 0 Å². The highest BCUT2D eigenvalue weighted by molar-refractivity contribution is 7.09. The third-order valence-corrected chi connectivity index (χ3v) is 6.35. The highest BCUT2D eigenvalue weighted by atomic mass is 32.1. The van der Waals surface area contributed by atoms with Crippen LogP contribution in [0.2, 0.25) is 0 Å². The van der Waals surface area contributed by atoms with Crippen LogP contribution >= 0.6 is 11.3 Å². The lowest BCUT2D eigenvalue weighted by atomic mass is 9.97. The van der Waals surface area contributed by atoms with Crippen molar-refractivity contribution in [2.24, 2.45) is 5.92 Å². The van der Waals surface area contributed by atoms with Crippen LogP contribution in [0.25, 0.3) is 0 Å². The largest absolute Gasteiger partial charge is 0.459 e. The summed E-state index contributed by atoms with van der Waals surface area (Å²) in [4.78, 5) is 43.1. The van der Waals surface area contributed by atoms with Gasteiger partial charge in [-0.3, -0.25) is 14.4 Å². The highest BCUT2D eigenvalue weighted by Crippen LogP contribution is 2.21. The third-order valence-electron chi connectivity index (χ3n) is 5.46. The lowest BCUT2D eigenvalue weighted by Crippen LogP contribution is -2.40. The average Bonchev–Trinajstić information content (AvgIpc) is 3.51. The molecule has 0 radical (unpaired) electrons. The maximum Gasteiger partial charge on any atom is 0.309 e. The number of hydrogen-bond donors (Lipinski definition) is 1. The van der Waals surface area contributed by atoms with E-state index in [9.17, 15) is 14.4 Å². The molecule has 9 heteroatoms. The third kappa shape index (κ3) is 6.07. The second kappa shape index (κ2) is 10.4. The number of benzene rings is 1. The van der Waals surface area contributed by atoms with Crippen LogP contribution in [0, 0.1) is 12.8 Å². The Morgan fingerprint density at radius 1 is 1.18 bits per heavy atom. The van der Waals surface area contributed by atoms with E-state index in [1.54, 1.807) is 22.4 Å². The Labute approximate surface area is 195 Å². The van der Waals surface area contributed by atoms with E-state index < -0.39 is 0 Å². The molecule has 1 N–H and O–H groups in total. The second-order valence-corrected chi connectivity index (χ2v) is 8.92. The molecule has 0 bridgehead atoms. The van der Waals surface area contributed by atoms with Gasteiger partial charge in [0.2, 0.25) is 5.91 Å². The number of anilines is 1. The molecule has 1 fully saturated rings. The van der Waals surface area contributed by atoms with E-state index in [1.807, 2.05) is 31.2 Å². The highest BCUT2D eigenvalue weighted by Gasteiger charge is 2.29. The average molecular weight is 468 g/mol. The number of amides is 2. The molecule has 3 aromatic rings. The zero-order chi connectivity index (χ0) is 23.2. The van der Waals surface area contributed by atoms with Crippen molar-refractivity contribution in [2.45, 2.75) is 32.8 Å². The summed E-state index contributed by atoms with van der Waals surface area (Å²) in [6.07, 6.45) is 2.73. The number of esters is 1. The van der Waals surface area contributed by atoms with Crippen LogP contribution in [-0.4, -0.2) is 40.8 Å². The molecular formula is C24H25N3O5S. The first-order valence-corrected chi connectivity index (χ1v) is 11.6. The van der Waals surface area contributed by atoms with Crippen LogP contribution in [0.1, 0.15) is 39.7 Å². The number of furan rings is 1. The van der Waals surface area contributed by atoms with E-state index in [2.05, 4.69) is 10.3 Å². The molecule has 2 amide bonds. The molecule has 8 nitrogen and oxygen atoms in total. The second-order valence-electron chi connectivity index (χ2n) is 7.98. The lowest BCUT2D eigenvalue weighted by molar-refractivity contribution is -0.151. The minimum absolute atomic E-state index is 0.0699. The zero-order valence-electron chi connectivity index (χ0n) is 18.3. The Hall–Kier alpha value is -3.46. The summed E-state index contributed by atoms with van der Waals surface area (Å²) < 4.78 is 10.6. The summed E-state index contributed by atoms with van der Waals surface area (Å²) in [5, 5.41) is 5.31. The summed E-state index contributed by atoms with van der Waals surface area (Å²) in [6.45, 7) is 3.02. The molecule has 172 valence electrons. The quantitative estimate of drug-likeness (QED) is 0.530. The Morgan fingerprint density at radius 2 is 1.94 bits per heavy atom. The van der Waals surface area contributed by atoms with E-state index in [0.29, 0.717) is 42.4 Å². The summed E-state index contributed by atoms with van der Waals surface area (Å²) in [6, 6.07) is 10.9. The number of piperidine rings is 1. The van der Waals surface area contributed by atoms with Crippen molar-refractivity contribution in [1.29, 1.82) is 0 Å². The molecule has 0 spiro atoms. The number of likely N-dealkylation sites (tertiary alicyclic amines) is 1. The van der Waals surface area contributed by atoms with Gasteiger partial charge in [-0.05, 0) is 44.0 Å². The predicted molar refractivity (Wildman–Crippen MR) is 123 cm³/mol. The van der Waals surface area contributed by atoms with Gasteiger partial charge in [0.25, 0.3) is 5.91 Å². The van der Waals surface area contributed by atoms with Gasteiger partial charge in [-0.1, -0.05) is 17.7 Å². The van der Waals surface area contributed by atoms with Gasteiger partial charge in [-0.15, -0.1) is 11.3 Å². The van der Waals surface area contributed by atoms with Gasteiger partial charge in [0.15, 0.2) is 5.76 Å². The van der Waals surface area contributed by atoms with Crippen molar-refractivity contribution in [3.63, 3.8) is 0 Å². The number of carbonyl (C=O) groups excluding carboxylic acids is 3. The number of hydrogen-bond acceptors (Lipinski definition) is 7. The molecule has 1 aromatic carbocycles. The van der Waals surface area contributed by atoms with Gasteiger partial charge in [0.05, 0.1) is 24.3 Å². The Balaban J connectivity index is 1.20. The van der Waals surface area contributed by atoms with Crippen molar-refractivity contribution in [3.8, 4) is 0 Å². The normalized spacial score (nSPS) is 14.2. The zero-order valence-corrected chi connectivity index (χ0v) is 19.1. The van der Waals surface area contributed by atoms with Crippen LogP contribution < -0.4 is 5.32 Å². The molecule has 0 saturated carbocycles. The fourth-order valence-electron chi connectivity index (χ4n) is 3.61. The van der Waals surface area contributed by atoms with Crippen LogP contribution in [-0.2, 0) is 27.4 Å².